The minimum atomic E-state index is -0.167. The lowest BCUT2D eigenvalue weighted by Crippen LogP contribution is -2.45. The van der Waals surface area contributed by atoms with Crippen molar-refractivity contribution in [2.24, 2.45) is 5.92 Å². The van der Waals surface area contributed by atoms with Crippen LogP contribution in [0.1, 0.15) is 33.6 Å². The molecule has 1 atom stereocenters. The summed E-state index contributed by atoms with van der Waals surface area (Å²) in [4.78, 5) is 30.4. The van der Waals surface area contributed by atoms with E-state index in [9.17, 15) is 9.59 Å². The van der Waals surface area contributed by atoms with Crippen LogP contribution in [0.3, 0.4) is 0 Å². The lowest BCUT2D eigenvalue weighted by Gasteiger charge is -2.31. The third-order valence-corrected chi connectivity index (χ3v) is 6.90. The van der Waals surface area contributed by atoms with E-state index in [0.29, 0.717) is 19.6 Å². The van der Waals surface area contributed by atoms with Crippen LogP contribution < -0.4 is 5.32 Å². The number of hydrogen-bond donors (Lipinski definition) is 1. The summed E-state index contributed by atoms with van der Waals surface area (Å²) in [7, 11) is 4.13. The molecule has 2 heterocycles. The second-order valence-electron chi connectivity index (χ2n) is 8.88. The van der Waals surface area contributed by atoms with E-state index in [0.717, 1.165) is 41.0 Å². The van der Waals surface area contributed by atoms with E-state index in [1.165, 1.54) is 16.9 Å². The summed E-state index contributed by atoms with van der Waals surface area (Å²) in [6.07, 6.45) is 1.67. The Balaban J connectivity index is 1.39. The molecule has 4 rings (SSSR count). The van der Waals surface area contributed by atoms with E-state index in [4.69, 9.17) is 0 Å². The summed E-state index contributed by atoms with van der Waals surface area (Å²) in [6, 6.07) is 20.6. The molecule has 1 aliphatic rings. The first kappa shape index (κ1) is 23.2. The van der Waals surface area contributed by atoms with E-state index in [1.54, 1.807) is 0 Å². The van der Waals surface area contributed by atoms with Crippen LogP contribution in [0.15, 0.2) is 66.0 Å². The third kappa shape index (κ3) is 5.89. The van der Waals surface area contributed by atoms with Crippen LogP contribution in [0.2, 0.25) is 0 Å². The number of thiophene rings is 1. The normalized spacial score (nSPS) is 16.1. The molecule has 1 fully saturated rings. The summed E-state index contributed by atoms with van der Waals surface area (Å²) in [5.74, 6) is -0.111. The predicted octanol–water partition coefficient (Wildman–Crippen LogP) is 4.65. The van der Waals surface area contributed by atoms with E-state index in [-0.39, 0.29) is 17.7 Å². The molecule has 0 bridgehead atoms. The van der Waals surface area contributed by atoms with Crippen molar-refractivity contribution >= 4 is 23.2 Å². The molecule has 1 unspecified atom stereocenters. The van der Waals surface area contributed by atoms with Crippen molar-refractivity contribution in [3.63, 3.8) is 0 Å². The van der Waals surface area contributed by atoms with Crippen molar-refractivity contribution in [1.29, 1.82) is 0 Å². The Morgan fingerprint density at radius 3 is 2.58 bits per heavy atom. The molecule has 1 aromatic heterocycles. The third-order valence-electron chi connectivity index (χ3n) is 6.05. The van der Waals surface area contributed by atoms with Gasteiger partial charge in [0, 0.05) is 26.2 Å². The molecular formula is C27H31N3O2S. The maximum atomic E-state index is 13.0. The molecule has 0 saturated carbocycles. The van der Waals surface area contributed by atoms with Crippen molar-refractivity contribution in [1.82, 2.24) is 15.1 Å². The molecular weight excluding hydrogens is 430 g/mol. The van der Waals surface area contributed by atoms with Crippen molar-refractivity contribution in [2.45, 2.75) is 25.9 Å². The summed E-state index contributed by atoms with van der Waals surface area (Å²) in [5.41, 5.74) is 4.64. The summed E-state index contributed by atoms with van der Waals surface area (Å²) >= 11 is 1.45. The quantitative estimate of drug-likeness (QED) is 0.557. The fourth-order valence-corrected chi connectivity index (χ4v) is 5.06. The van der Waals surface area contributed by atoms with Crippen molar-refractivity contribution in [3.05, 3.63) is 82.0 Å². The maximum absolute atomic E-state index is 13.0. The van der Waals surface area contributed by atoms with Gasteiger partial charge in [0.05, 0.1) is 10.8 Å². The van der Waals surface area contributed by atoms with Crippen LogP contribution in [0.5, 0.6) is 0 Å². The standard InChI is InChI=1S/C27H31N3O2S/c1-29(2)18-20-11-13-21(14-12-20)24-9-4-3-7-22(24)17-28-26(31)23-8-5-15-30(19-23)27(32)25-10-6-16-33-25/h3-4,6-7,9-14,16,23H,5,8,15,17-19H2,1-2H3,(H,28,31). The maximum Gasteiger partial charge on any atom is 0.263 e. The Hall–Kier alpha value is -2.96. The monoisotopic (exact) mass is 461 g/mol. The highest BCUT2D eigenvalue weighted by Gasteiger charge is 2.29. The molecule has 1 N–H and O–H groups in total. The number of likely N-dealkylation sites (tertiary alicyclic amines) is 1. The van der Waals surface area contributed by atoms with Gasteiger partial charge in [0.15, 0.2) is 0 Å². The number of nitrogens with one attached hydrogen (secondary N) is 1. The van der Waals surface area contributed by atoms with Gasteiger partial charge in [0.25, 0.3) is 5.91 Å². The van der Waals surface area contributed by atoms with E-state index in [1.807, 2.05) is 34.5 Å². The molecule has 172 valence electrons. The van der Waals surface area contributed by atoms with Crippen molar-refractivity contribution < 1.29 is 9.59 Å². The molecule has 1 aliphatic heterocycles. The van der Waals surface area contributed by atoms with Gasteiger partial charge in [0.2, 0.25) is 5.91 Å². The lowest BCUT2D eigenvalue weighted by atomic mass is 9.96. The predicted molar refractivity (Wildman–Crippen MR) is 134 cm³/mol. The average Bonchev–Trinajstić information content (AvgIpc) is 3.37. The number of benzene rings is 2. The van der Waals surface area contributed by atoms with Crippen LogP contribution in [-0.4, -0.2) is 48.8 Å². The molecule has 0 aliphatic carbocycles. The summed E-state index contributed by atoms with van der Waals surface area (Å²) in [6.45, 7) is 2.58. The van der Waals surface area contributed by atoms with Crippen LogP contribution in [-0.2, 0) is 17.9 Å². The Labute approximate surface area is 200 Å². The van der Waals surface area contributed by atoms with Crippen LogP contribution in [0.4, 0.5) is 0 Å². The number of carbonyl (C=O) groups is 2. The zero-order valence-electron chi connectivity index (χ0n) is 19.3. The molecule has 6 heteroatoms. The lowest BCUT2D eigenvalue weighted by molar-refractivity contribution is -0.126. The average molecular weight is 462 g/mol. The molecule has 0 radical (unpaired) electrons. The van der Waals surface area contributed by atoms with Gasteiger partial charge < -0.3 is 15.1 Å². The van der Waals surface area contributed by atoms with Gasteiger partial charge in [-0.2, -0.15) is 0 Å². The van der Waals surface area contributed by atoms with E-state index >= 15 is 0 Å². The second kappa shape index (κ2) is 10.8. The Morgan fingerprint density at radius 2 is 1.85 bits per heavy atom. The minimum absolute atomic E-state index is 0.0230. The van der Waals surface area contributed by atoms with Crippen molar-refractivity contribution in [2.75, 3.05) is 27.2 Å². The largest absolute Gasteiger partial charge is 0.352 e. The summed E-state index contributed by atoms with van der Waals surface area (Å²) in [5, 5.41) is 5.04. The van der Waals surface area contributed by atoms with Gasteiger partial charge in [-0.3, -0.25) is 9.59 Å². The van der Waals surface area contributed by atoms with E-state index in [2.05, 4.69) is 60.7 Å². The number of rotatable bonds is 7. The molecule has 5 nitrogen and oxygen atoms in total. The smallest absolute Gasteiger partial charge is 0.263 e. The highest BCUT2D eigenvalue weighted by atomic mass is 32.1. The highest BCUT2D eigenvalue weighted by Crippen LogP contribution is 2.25. The van der Waals surface area contributed by atoms with Crippen molar-refractivity contribution in [3.8, 4) is 11.1 Å². The molecule has 2 amide bonds. The van der Waals surface area contributed by atoms with Gasteiger partial charge in [-0.25, -0.2) is 0 Å². The fraction of sp³-hybridized carbons (Fsp3) is 0.333. The number of piperidine rings is 1. The molecule has 2 aromatic carbocycles. The zero-order valence-corrected chi connectivity index (χ0v) is 20.1. The zero-order chi connectivity index (χ0) is 23.2. The Morgan fingerprint density at radius 1 is 1.06 bits per heavy atom. The highest BCUT2D eigenvalue weighted by molar-refractivity contribution is 7.12. The Kier molecular flexibility index (Phi) is 7.57. The van der Waals surface area contributed by atoms with Crippen LogP contribution in [0, 0.1) is 5.92 Å². The van der Waals surface area contributed by atoms with Gasteiger partial charge in [-0.1, -0.05) is 54.6 Å². The minimum Gasteiger partial charge on any atom is -0.352 e. The first-order chi connectivity index (χ1) is 16.0. The number of hydrogen-bond acceptors (Lipinski definition) is 4. The van der Waals surface area contributed by atoms with E-state index < -0.39 is 0 Å². The van der Waals surface area contributed by atoms with Crippen LogP contribution in [0.25, 0.3) is 11.1 Å². The SMILES string of the molecule is CN(C)Cc1ccc(-c2ccccc2CNC(=O)C2CCCN(C(=O)c3cccs3)C2)cc1. The fourth-order valence-electron chi connectivity index (χ4n) is 4.37. The number of carbonyl (C=O) groups excluding carboxylic acids is 2. The first-order valence-corrected chi connectivity index (χ1v) is 12.3. The van der Waals surface area contributed by atoms with Gasteiger partial charge in [-0.05, 0) is 60.6 Å². The first-order valence-electron chi connectivity index (χ1n) is 11.4. The molecule has 0 spiro atoms. The summed E-state index contributed by atoms with van der Waals surface area (Å²) < 4.78 is 0. The van der Waals surface area contributed by atoms with Gasteiger partial charge in [0.1, 0.15) is 0 Å². The topological polar surface area (TPSA) is 52.7 Å². The second-order valence-corrected chi connectivity index (χ2v) is 9.82. The molecule has 3 aromatic rings. The molecule has 33 heavy (non-hydrogen) atoms. The Bertz CT molecular complexity index is 1080. The van der Waals surface area contributed by atoms with Gasteiger partial charge in [-0.15, -0.1) is 11.3 Å². The molecule has 1 saturated heterocycles. The van der Waals surface area contributed by atoms with Gasteiger partial charge >= 0.3 is 0 Å². The van der Waals surface area contributed by atoms with Crippen LogP contribution >= 0.6 is 11.3 Å². The number of nitrogens with zero attached hydrogens (tertiary/aromatic N) is 2. The number of amides is 2.